The Bertz CT molecular complexity index is 544. The van der Waals surface area contributed by atoms with Gasteiger partial charge in [0.05, 0.1) is 0 Å². The van der Waals surface area contributed by atoms with E-state index < -0.39 is 0 Å². The molecule has 0 fully saturated rings. The summed E-state index contributed by atoms with van der Waals surface area (Å²) in [7, 11) is 0. The number of allylic oxidation sites excluding steroid dienone is 1. The summed E-state index contributed by atoms with van der Waals surface area (Å²) < 4.78 is 12.2. The van der Waals surface area contributed by atoms with Gasteiger partial charge in [0, 0.05) is 6.42 Å². The predicted octanol–water partition coefficient (Wildman–Crippen LogP) is 5.92. The van der Waals surface area contributed by atoms with Gasteiger partial charge >= 0.3 is 0 Å². The molecular formula is C21H27FO. The molecule has 2 rings (SSSR count). The van der Waals surface area contributed by atoms with Gasteiger partial charge in [-0.3, -0.25) is 4.79 Å². The van der Waals surface area contributed by atoms with Crippen molar-refractivity contribution in [3.8, 4) is 0 Å². The summed E-state index contributed by atoms with van der Waals surface area (Å²) in [4.78, 5) is 10.3. The van der Waals surface area contributed by atoms with Crippen molar-refractivity contribution in [1.29, 1.82) is 0 Å². The van der Waals surface area contributed by atoms with Crippen LogP contribution >= 0.6 is 0 Å². The number of ketones is 1. The first-order valence-electron chi connectivity index (χ1n) is 7.94. The molecular weight excluding hydrogens is 287 g/mol. The van der Waals surface area contributed by atoms with E-state index >= 15 is 0 Å². The molecule has 0 unspecified atom stereocenters. The number of carbonyl (C=O) groups is 1. The highest BCUT2D eigenvalue weighted by Crippen LogP contribution is 2.01. The molecule has 0 aliphatic heterocycles. The third kappa shape index (κ3) is 12.0. The van der Waals surface area contributed by atoms with E-state index in [1.54, 1.807) is 12.1 Å². The van der Waals surface area contributed by atoms with Gasteiger partial charge in [0.15, 0.2) is 5.78 Å². The van der Waals surface area contributed by atoms with Crippen LogP contribution in [0.1, 0.15) is 37.8 Å². The van der Waals surface area contributed by atoms with Crippen LogP contribution in [0.4, 0.5) is 4.39 Å². The summed E-state index contributed by atoms with van der Waals surface area (Å²) in [5.41, 5.74) is 2.50. The maximum Gasteiger partial charge on any atom is 0.155 e. The molecule has 0 saturated heterocycles. The second-order valence-corrected chi connectivity index (χ2v) is 5.06. The Hall–Kier alpha value is -2.22. The highest BCUT2D eigenvalue weighted by atomic mass is 19.1. The summed E-state index contributed by atoms with van der Waals surface area (Å²) >= 11 is 0. The smallest absolute Gasteiger partial charge is 0.155 e. The molecule has 2 heteroatoms. The van der Waals surface area contributed by atoms with Crippen molar-refractivity contribution in [2.75, 3.05) is 0 Å². The van der Waals surface area contributed by atoms with Crippen LogP contribution in [0.25, 0.3) is 0 Å². The van der Waals surface area contributed by atoms with Crippen molar-refractivity contribution in [1.82, 2.24) is 0 Å². The van der Waals surface area contributed by atoms with E-state index in [0.717, 1.165) is 12.8 Å². The Labute approximate surface area is 139 Å². The molecule has 0 saturated carbocycles. The van der Waals surface area contributed by atoms with Gasteiger partial charge in [-0.05, 0) is 43.5 Å². The molecule has 2 aromatic carbocycles. The molecule has 0 aromatic heterocycles. The lowest BCUT2D eigenvalue weighted by Crippen LogP contribution is -1.87. The van der Waals surface area contributed by atoms with E-state index in [1.165, 1.54) is 29.3 Å². The highest BCUT2D eigenvalue weighted by molar-refractivity contribution is 5.88. The first-order chi connectivity index (χ1) is 11.0. The number of halogens is 1. The Morgan fingerprint density at radius 1 is 1.04 bits per heavy atom. The first kappa shape index (κ1) is 20.8. The zero-order chi connectivity index (χ0) is 17.5. The third-order valence-corrected chi connectivity index (χ3v) is 2.99. The monoisotopic (exact) mass is 314 g/mol. The second-order valence-electron chi connectivity index (χ2n) is 5.06. The van der Waals surface area contributed by atoms with Gasteiger partial charge < -0.3 is 0 Å². The normalized spacial score (nSPS) is 8.87. The largest absolute Gasteiger partial charge is 0.295 e. The number of aryl methyl sites for hydroxylation is 2. The number of hydrogen-bond donors (Lipinski definition) is 0. The highest BCUT2D eigenvalue weighted by Gasteiger charge is 1.88. The van der Waals surface area contributed by atoms with Gasteiger partial charge in [-0.1, -0.05) is 68.5 Å². The van der Waals surface area contributed by atoms with Crippen LogP contribution in [0.2, 0.25) is 0 Å². The lowest BCUT2D eigenvalue weighted by molar-refractivity contribution is -0.114. The van der Waals surface area contributed by atoms with Crippen molar-refractivity contribution in [2.24, 2.45) is 0 Å². The minimum atomic E-state index is -0.160. The van der Waals surface area contributed by atoms with E-state index in [0.29, 0.717) is 6.42 Å². The predicted molar refractivity (Wildman–Crippen MR) is 97.1 cm³/mol. The number of rotatable bonds is 4. The maximum atomic E-state index is 12.2. The molecule has 2 aromatic rings. The van der Waals surface area contributed by atoms with Crippen molar-refractivity contribution < 1.29 is 9.18 Å². The molecule has 0 heterocycles. The Morgan fingerprint density at radius 3 is 1.91 bits per heavy atom. The molecule has 0 spiro atoms. The summed E-state index contributed by atoms with van der Waals surface area (Å²) in [5.74, 6) is -0.0188. The van der Waals surface area contributed by atoms with Crippen LogP contribution in [-0.2, 0) is 11.2 Å². The van der Waals surface area contributed by atoms with Crippen molar-refractivity contribution in [2.45, 2.75) is 40.0 Å². The molecule has 0 aliphatic carbocycles. The van der Waals surface area contributed by atoms with Crippen LogP contribution in [0.5, 0.6) is 0 Å². The molecule has 23 heavy (non-hydrogen) atoms. The maximum absolute atomic E-state index is 12.2. The molecule has 124 valence electrons. The molecule has 1 nitrogen and oxygen atoms in total. The number of hydrogen-bond acceptors (Lipinski definition) is 1. The quantitative estimate of drug-likeness (QED) is 0.640. The van der Waals surface area contributed by atoms with Gasteiger partial charge in [-0.2, -0.15) is 0 Å². The van der Waals surface area contributed by atoms with E-state index in [1.807, 2.05) is 32.0 Å². The second kappa shape index (κ2) is 13.4. The van der Waals surface area contributed by atoms with Crippen molar-refractivity contribution >= 4 is 5.78 Å². The van der Waals surface area contributed by atoms with Gasteiger partial charge in [-0.15, -0.1) is 0 Å². The lowest BCUT2D eigenvalue weighted by atomic mass is 10.2. The van der Waals surface area contributed by atoms with Gasteiger partial charge in [-0.25, -0.2) is 4.39 Å². The van der Waals surface area contributed by atoms with Crippen molar-refractivity contribution in [3.05, 3.63) is 84.2 Å². The number of benzene rings is 2. The number of carbonyl (C=O) groups excluding carboxylic acids is 1. The molecule has 0 bridgehead atoms. The fourth-order valence-electron chi connectivity index (χ4n) is 1.60. The van der Waals surface area contributed by atoms with Crippen LogP contribution in [0.3, 0.4) is 0 Å². The lowest BCUT2D eigenvalue weighted by Gasteiger charge is -1.92. The van der Waals surface area contributed by atoms with Gasteiger partial charge in [0.2, 0.25) is 0 Å². The SMILES string of the molecule is C=CC(=O)CCC.CCc1ccc(F)cc1.Cc1ccccc1. The molecule has 0 atom stereocenters. The topological polar surface area (TPSA) is 17.1 Å². The van der Waals surface area contributed by atoms with Crippen LogP contribution in [-0.4, -0.2) is 5.78 Å². The Kier molecular flexibility index (Phi) is 12.1. The summed E-state index contributed by atoms with van der Waals surface area (Å²) in [6, 6.07) is 16.8. The zero-order valence-electron chi connectivity index (χ0n) is 14.4. The third-order valence-electron chi connectivity index (χ3n) is 2.99. The average molecular weight is 314 g/mol. The fourth-order valence-corrected chi connectivity index (χ4v) is 1.60. The summed E-state index contributed by atoms with van der Waals surface area (Å²) in [6.07, 6.45) is 3.90. The van der Waals surface area contributed by atoms with Crippen molar-refractivity contribution in [3.63, 3.8) is 0 Å². The molecule has 0 radical (unpaired) electrons. The summed E-state index contributed by atoms with van der Waals surface area (Å²) in [5, 5.41) is 0. The minimum Gasteiger partial charge on any atom is -0.295 e. The fraction of sp³-hybridized carbons (Fsp3) is 0.286. The van der Waals surface area contributed by atoms with E-state index in [9.17, 15) is 9.18 Å². The van der Waals surface area contributed by atoms with E-state index in [2.05, 4.69) is 25.6 Å². The van der Waals surface area contributed by atoms with E-state index in [-0.39, 0.29) is 11.6 Å². The Morgan fingerprint density at radius 2 is 1.61 bits per heavy atom. The Balaban J connectivity index is 0.000000320. The van der Waals surface area contributed by atoms with Gasteiger partial charge in [0.25, 0.3) is 0 Å². The standard InChI is InChI=1S/C8H9F.C7H8.C6H10O/c1-2-7-3-5-8(9)6-4-7;1-7-5-3-2-4-6-7;1-3-5-6(7)4-2/h3-6H,2H2,1H3;2-6H,1H3;4H,2-3,5H2,1H3. The summed E-state index contributed by atoms with van der Waals surface area (Å²) in [6.45, 7) is 9.44. The van der Waals surface area contributed by atoms with E-state index in [4.69, 9.17) is 0 Å². The minimum absolute atomic E-state index is 0.141. The van der Waals surface area contributed by atoms with Gasteiger partial charge in [0.1, 0.15) is 5.82 Å². The van der Waals surface area contributed by atoms with Crippen LogP contribution < -0.4 is 0 Å². The average Bonchev–Trinajstić information content (AvgIpc) is 2.57. The van der Waals surface area contributed by atoms with Crippen LogP contribution in [0.15, 0.2) is 67.3 Å². The zero-order valence-corrected chi connectivity index (χ0v) is 14.4. The molecule has 0 amide bonds. The van der Waals surface area contributed by atoms with Crippen LogP contribution in [0, 0.1) is 12.7 Å². The molecule has 0 N–H and O–H groups in total. The molecule has 0 aliphatic rings. The first-order valence-corrected chi connectivity index (χ1v) is 7.94.